The van der Waals surface area contributed by atoms with Crippen LogP contribution in [-0.2, 0) is 0 Å². The van der Waals surface area contributed by atoms with Crippen molar-refractivity contribution in [2.75, 3.05) is 0 Å². The fraction of sp³-hybridized carbons (Fsp3) is 0.929. The highest BCUT2D eigenvalue weighted by atomic mass is 16.3. The molecule has 29 heavy (non-hydrogen) atoms. The van der Waals surface area contributed by atoms with E-state index < -0.39 is 0 Å². The zero-order valence-electron chi connectivity index (χ0n) is 20.2. The summed E-state index contributed by atoms with van der Waals surface area (Å²) < 4.78 is 0. The topological polar surface area (TPSA) is 20.2 Å². The number of rotatable bonds is 5. The Balaban J connectivity index is 1.50. The van der Waals surface area contributed by atoms with Gasteiger partial charge in [0.2, 0.25) is 0 Å². The molecule has 0 aromatic carbocycles. The standard InChI is InChI=1S/C28H48O/c1-18(2)15-19(3)16-20(4)24-9-10-25-23-8-7-21-17-22(29)11-13-27(21,5)26(23)12-14-28(24,25)6/h7,18-20,22-26,29H,8-17H2,1-6H3/t19-,20-,22+,23+,24-,25+,26+,27+,28-/m1/s1. The van der Waals surface area contributed by atoms with Crippen molar-refractivity contribution in [3.63, 3.8) is 0 Å². The van der Waals surface area contributed by atoms with E-state index in [4.69, 9.17) is 0 Å². The summed E-state index contributed by atoms with van der Waals surface area (Å²) in [6, 6.07) is 0. The molecule has 166 valence electrons. The van der Waals surface area contributed by atoms with E-state index >= 15 is 0 Å². The SMILES string of the molecule is CC(C)C[C@@H](C)C[C@@H](C)[C@H]1CC[C@H]2[C@@H]3CC=C4C[C@@H](O)CC[C@]4(C)[C@H]3CC[C@]12C. The lowest BCUT2D eigenvalue weighted by molar-refractivity contribution is -0.0580. The van der Waals surface area contributed by atoms with Crippen molar-refractivity contribution in [2.45, 2.75) is 112 Å². The highest BCUT2D eigenvalue weighted by Gasteiger charge is 2.59. The van der Waals surface area contributed by atoms with Crippen molar-refractivity contribution in [2.24, 2.45) is 52.3 Å². The summed E-state index contributed by atoms with van der Waals surface area (Å²) in [4.78, 5) is 0. The number of aliphatic hydroxyl groups excluding tert-OH is 1. The van der Waals surface area contributed by atoms with Crippen LogP contribution in [-0.4, -0.2) is 11.2 Å². The minimum atomic E-state index is -0.0794. The van der Waals surface area contributed by atoms with E-state index in [2.05, 4.69) is 47.6 Å². The van der Waals surface area contributed by atoms with Crippen molar-refractivity contribution in [3.8, 4) is 0 Å². The Morgan fingerprint density at radius 3 is 2.45 bits per heavy atom. The van der Waals surface area contributed by atoms with Crippen molar-refractivity contribution < 1.29 is 5.11 Å². The predicted molar refractivity (Wildman–Crippen MR) is 124 cm³/mol. The lowest BCUT2D eigenvalue weighted by Crippen LogP contribution is -2.50. The van der Waals surface area contributed by atoms with Gasteiger partial charge in [-0.25, -0.2) is 0 Å². The molecule has 1 N–H and O–H groups in total. The van der Waals surface area contributed by atoms with Gasteiger partial charge in [0, 0.05) is 0 Å². The van der Waals surface area contributed by atoms with Crippen LogP contribution >= 0.6 is 0 Å². The van der Waals surface area contributed by atoms with E-state index in [1.165, 1.54) is 51.4 Å². The molecule has 9 atom stereocenters. The van der Waals surface area contributed by atoms with Crippen molar-refractivity contribution in [1.29, 1.82) is 0 Å². The number of fused-ring (bicyclic) bond motifs is 5. The molecule has 0 bridgehead atoms. The summed E-state index contributed by atoms with van der Waals surface area (Å²) in [7, 11) is 0. The second kappa shape index (κ2) is 7.99. The molecule has 4 rings (SSSR count). The molecule has 0 aromatic heterocycles. The van der Waals surface area contributed by atoms with Gasteiger partial charge in [0.1, 0.15) is 0 Å². The van der Waals surface area contributed by atoms with Crippen LogP contribution in [0.1, 0.15) is 106 Å². The molecule has 0 spiro atoms. The maximum Gasteiger partial charge on any atom is 0.0577 e. The Morgan fingerprint density at radius 1 is 0.966 bits per heavy atom. The normalized spacial score (nSPS) is 46.5. The molecular formula is C28H48O. The molecule has 4 aliphatic rings. The maximum atomic E-state index is 10.2. The van der Waals surface area contributed by atoms with Crippen LogP contribution in [0.4, 0.5) is 0 Å². The van der Waals surface area contributed by atoms with Crippen LogP contribution in [0, 0.1) is 52.3 Å². The fourth-order valence-corrected chi connectivity index (χ4v) is 9.32. The van der Waals surface area contributed by atoms with Gasteiger partial charge < -0.3 is 5.11 Å². The van der Waals surface area contributed by atoms with E-state index in [0.29, 0.717) is 10.8 Å². The van der Waals surface area contributed by atoms with Crippen LogP contribution in [0.25, 0.3) is 0 Å². The van der Waals surface area contributed by atoms with Crippen LogP contribution in [0.5, 0.6) is 0 Å². The van der Waals surface area contributed by atoms with Gasteiger partial charge in [-0.05, 0) is 116 Å². The molecule has 0 aromatic rings. The smallest absolute Gasteiger partial charge is 0.0577 e. The monoisotopic (exact) mass is 400 g/mol. The van der Waals surface area contributed by atoms with Crippen molar-refractivity contribution in [1.82, 2.24) is 0 Å². The maximum absolute atomic E-state index is 10.2. The second-order valence-corrected chi connectivity index (χ2v) is 12.8. The first-order chi connectivity index (χ1) is 13.6. The summed E-state index contributed by atoms with van der Waals surface area (Å²) in [5.74, 6) is 6.25. The van der Waals surface area contributed by atoms with Crippen LogP contribution in [0.3, 0.4) is 0 Å². The minimum Gasteiger partial charge on any atom is -0.393 e. The van der Waals surface area contributed by atoms with E-state index in [0.717, 1.165) is 54.3 Å². The third kappa shape index (κ3) is 3.77. The highest BCUT2D eigenvalue weighted by molar-refractivity contribution is 5.25. The molecule has 3 fully saturated rings. The fourth-order valence-electron chi connectivity index (χ4n) is 9.32. The molecule has 0 unspecified atom stereocenters. The molecule has 1 nitrogen and oxygen atoms in total. The van der Waals surface area contributed by atoms with Gasteiger partial charge in [0.05, 0.1) is 6.10 Å². The molecule has 1 heteroatoms. The van der Waals surface area contributed by atoms with E-state index in [-0.39, 0.29) is 6.10 Å². The lowest BCUT2D eigenvalue weighted by Gasteiger charge is -2.58. The Hall–Kier alpha value is -0.300. The number of hydrogen-bond acceptors (Lipinski definition) is 1. The zero-order valence-corrected chi connectivity index (χ0v) is 20.2. The highest BCUT2D eigenvalue weighted by Crippen LogP contribution is 2.67. The van der Waals surface area contributed by atoms with Gasteiger partial charge in [-0.15, -0.1) is 0 Å². The average Bonchev–Trinajstić information content (AvgIpc) is 2.99. The second-order valence-electron chi connectivity index (χ2n) is 12.8. The summed E-state index contributed by atoms with van der Waals surface area (Å²) in [6.45, 7) is 15.1. The molecule has 4 aliphatic carbocycles. The third-order valence-corrected chi connectivity index (χ3v) is 10.5. The van der Waals surface area contributed by atoms with Gasteiger partial charge in [-0.2, -0.15) is 0 Å². The zero-order chi connectivity index (χ0) is 21.0. The summed E-state index contributed by atoms with van der Waals surface area (Å²) >= 11 is 0. The summed E-state index contributed by atoms with van der Waals surface area (Å²) in [6.07, 6.45) is 15.7. The first-order valence-electron chi connectivity index (χ1n) is 13.0. The molecule has 0 aliphatic heterocycles. The predicted octanol–water partition coefficient (Wildman–Crippen LogP) is 7.63. The number of aliphatic hydroxyl groups is 1. The first kappa shape index (κ1) is 21.9. The minimum absolute atomic E-state index is 0.0794. The Labute approximate surface area is 181 Å². The van der Waals surface area contributed by atoms with Crippen LogP contribution in [0.15, 0.2) is 11.6 Å². The van der Waals surface area contributed by atoms with Crippen LogP contribution < -0.4 is 0 Å². The Kier molecular flexibility index (Phi) is 6.04. The quantitative estimate of drug-likeness (QED) is 0.470. The Bertz CT molecular complexity index is 620. The molecule has 0 saturated heterocycles. The summed E-state index contributed by atoms with van der Waals surface area (Å²) in [5.41, 5.74) is 2.58. The average molecular weight is 401 g/mol. The van der Waals surface area contributed by atoms with Crippen molar-refractivity contribution >= 4 is 0 Å². The summed E-state index contributed by atoms with van der Waals surface area (Å²) in [5, 5.41) is 10.2. The van der Waals surface area contributed by atoms with Crippen molar-refractivity contribution in [3.05, 3.63) is 11.6 Å². The molecule has 0 amide bonds. The van der Waals surface area contributed by atoms with E-state index in [1.54, 1.807) is 5.57 Å². The van der Waals surface area contributed by atoms with Gasteiger partial charge >= 0.3 is 0 Å². The van der Waals surface area contributed by atoms with Gasteiger partial charge in [0.25, 0.3) is 0 Å². The molecule has 3 saturated carbocycles. The molecular weight excluding hydrogens is 352 g/mol. The van der Waals surface area contributed by atoms with E-state index in [9.17, 15) is 5.11 Å². The van der Waals surface area contributed by atoms with Gasteiger partial charge in [-0.3, -0.25) is 0 Å². The Morgan fingerprint density at radius 2 is 1.72 bits per heavy atom. The number of hydrogen-bond donors (Lipinski definition) is 1. The van der Waals surface area contributed by atoms with Gasteiger partial charge in [0.15, 0.2) is 0 Å². The third-order valence-electron chi connectivity index (χ3n) is 10.5. The molecule has 0 heterocycles. The molecule has 0 radical (unpaired) electrons. The van der Waals surface area contributed by atoms with Crippen LogP contribution in [0.2, 0.25) is 0 Å². The van der Waals surface area contributed by atoms with E-state index in [1.807, 2.05) is 0 Å². The largest absolute Gasteiger partial charge is 0.393 e. The number of allylic oxidation sites excluding steroid dienone is 1. The first-order valence-corrected chi connectivity index (χ1v) is 13.0. The lowest BCUT2D eigenvalue weighted by atomic mass is 9.47. The van der Waals surface area contributed by atoms with Gasteiger partial charge in [-0.1, -0.05) is 53.2 Å².